The zero-order chi connectivity index (χ0) is 28.0. The maximum Gasteiger partial charge on any atom is 0.248 e. The molecule has 2 saturated heterocycles. The maximum atomic E-state index is 14.2. The van der Waals surface area contributed by atoms with Crippen molar-refractivity contribution < 1.29 is 38.0 Å². The van der Waals surface area contributed by atoms with Gasteiger partial charge in [0.05, 0.1) is 19.3 Å². The van der Waals surface area contributed by atoms with Gasteiger partial charge in [0.2, 0.25) is 11.7 Å². The Labute approximate surface area is 227 Å². The molecule has 9 nitrogen and oxygen atoms in total. The third-order valence-corrected chi connectivity index (χ3v) is 7.37. The summed E-state index contributed by atoms with van der Waals surface area (Å²) in [6.45, 7) is 1.79. The number of ether oxygens (including phenoxy) is 3. The molecule has 214 valence electrons. The van der Waals surface area contributed by atoms with Crippen molar-refractivity contribution in [1.29, 1.82) is 0 Å². The second kappa shape index (κ2) is 12.5. The molecule has 2 aliphatic heterocycles. The molecule has 2 aromatic carbocycles. The highest BCUT2D eigenvalue weighted by molar-refractivity contribution is 5.77. The third kappa shape index (κ3) is 7.36. The summed E-state index contributed by atoms with van der Waals surface area (Å²) in [7, 11) is 3.04. The van der Waals surface area contributed by atoms with Crippen molar-refractivity contribution in [1.82, 2.24) is 9.80 Å². The molecule has 39 heavy (non-hydrogen) atoms. The normalized spacial score (nSPS) is 21.9. The summed E-state index contributed by atoms with van der Waals surface area (Å²) in [6.07, 6.45) is 1.04. The molecule has 1 amide bonds. The summed E-state index contributed by atoms with van der Waals surface area (Å²) in [6, 6.07) is 11.4. The number of rotatable bonds is 9. The number of carbonyl (C=O) groups excluding carboxylic acids is 1. The molecule has 0 bridgehead atoms. The van der Waals surface area contributed by atoms with Gasteiger partial charge in [0.25, 0.3) is 0 Å². The number of hydrogen-bond donors (Lipinski definition) is 2. The van der Waals surface area contributed by atoms with Crippen LogP contribution in [-0.2, 0) is 9.53 Å². The van der Waals surface area contributed by atoms with Gasteiger partial charge >= 0.3 is 0 Å². The first-order valence-electron chi connectivity index (χ1n) is 13.0. The van der Waals surface area contributed by atoms with Gasteiger partial charge in [-0.3, -0.25) is 9.69 Å². The lowest BCUT2D eigenvalue weighted by atomic mass is 9.90. The summed E-state index contributed by atoms with van der Waals surface area (Å²) in [5.41, 5.74) is -1.54. The van der Waals surface area contributed by atoms with Crippen LogP contribution in [0.3, 0.4) is 0 Å². The smallest absolute Gasteiger partial charge is 0.248 e. The SMILES string of the molecule is COCC(=O)N1CCN(CC2(O)CCN(c3ccc(OC)cc3)CC2)C[C@@](O)(COc2cccc(F)c2F)C1. The first kappa shape index (κ1) is 29.0. The zero-order valence-corrected chi connectivity index (χ0v) is 22.4. The number of hydrogen-bond acceptors (Lipinski definition) is 8. The van der Waals surface area contributed by atoms with Gasteiger partial charge in [0.1, 0.15) is 24.6 Å². The fourth-order valence-corrected chi connectivity index (χ4v) is 5.25. The molecule has 0 spiro atoms. The average Bonchev–Trinajstić information content (AvgIpc) is 3.08. The van der Waals surface area contributed by atoms with E-state index in [2.05, 4.69) is 4.90 Å². The Kier molecular flexibility index (Phi) is 9.27. The molecule has 1 atom stereocenters. The van der Waals surface area contributed by atoms with E-state index in [1.807, 2.05) is 29.2 Å². The number of aliphatic hydroxyl groups is 2. The Morgan fingerprint density at radius 1 is 0.949 bits per heavy atom. The topological polar surface area (TPSA) is 94.9 Å². The van der Waals surface area contributed by atoms with Crippen LogP contribution in [0, 0.1) is 11.6 Å². The predicted molar refractivity (Wildman–Crippen MR) is 141 cm³/mol. The monoisotopic (exact) mass is 549 g/mol. The first-order valence-corrected chi connectivity index (χ1v) is 13.0. The van der Waals surface area contributed by atoms with Crippen molar-refractivity contribution >= 4 is 11.6 Å². The molecule has 4 rings (SSSR count). The number of piperidine rings is 1. The van der Waals surface area contributed by atoms with Crippen LogP contribution in [-0.4, -0.2) is 110 Å². The van der Waals surface area contributed by atoms with Crippen molar-refractivity contribution in [2.75, 3.05) is 78.1 Å². The lowest BCUT2D eigenvalue weighted by Gasteiger charge is -2.42. The number of carbonyl (C=O) groups is 1. The second-order valence-corrected chi connectivity index (χ2v) is 10.4. The van der Waals surface area contributed by atoms with Gasteiger partial charge in [-0.1, -0.05) is 6.07 Å². The summed E-state index contributed by atoms with van der Waals surface area (Å²) < 4.78 is 43.6. The van der Waals surface area contributed by atoms with E-state index in [1.54, 1.807) is 7.11 Å². The van der Waals surface area contributed by atoms with Crippen LogP contribution >= 0.6 is 0 Å². The molecule has 0 aromatic heterocycles. The summed E-state index contributed by atoms with van der Waals surface area (Å²) in [5, 5.41) is 23.0. The number of anilines is 1. The summed E-state index contributed by atoms with van der Waals surface area (Å²) >= 11 is 0. The lowest BCUT2D eigenvalue weighted by molar-refractivity contribution is -0.138. The minimum absolute atomic E-state index is 0.0746. The summed E-state index contributed by atoms with van der Waals surface area (Å²) in [4.78, 5) is 18.2. The molecule has 0 saturated carbocycles. The van der Waals surface area contributed by atoms with Crippen molar-refractivity contribution in [3.05, 3.63) is 54.1 Å². The lowest BCUT2D eigenvalue weighted by Crippen LogP contribution is -2.56. The number of β-amino-alcohol motifs (C(OH)–C–C–N with tert-alkyl or cyclic N) is 2. The fraction of sp³-hybridized carbons (Fsp3) is 0.536. The predicted octanol–water partition coefficient (Wildman–Crippen LogP) is 1.91. The number of nitrogens with zero attached hydrogens (tertiary/aromatic N) is 3. The highest BCUT2D eigenvalue weighted by Crippen LogP contribution is 2.30. The molecule has 0 aliphatic carbocycles. The Balaban J connectivity index is 1.43. The minimum Gasteiger partial charge on any atom is -0.497 e. The van der Waals surface area contributed by atoms with Gasteiger partial charge < -0.3 is 34.2 Å². The molecular formula is C28H37F2N3O6. The molecule has 2 aromatic rings. The van der Waals surface area contributed by atoms with Gasteiger partial charge in [0, 0.05) is 52.1 Å². The van der Waals surface area contributed by atoms with Crippen LogP contribution in [0.5, 0.6) is 11.5 Å². The van der Waals surface area contributed by atoms with E-state index in [9.17, 15) is 23.8 Å². The fourth-order valence-electron chi connectivity index (χ4n) is 5.25. The van der Waals surface area contributed by atoms with Gasteiger partial charge in [-0.25, -0.2) is 4.39 Å². The molecule has 2 fully saturated rings. The van der Waals surface area contributed by atoms with Crippen molar-refractivity contribution in [3.8, 4) is 11.5 Å². The standard InChI is InChI=1S/C28H37F2N3O6/c1-37-16-25(34)33-15-14-31(18-28(36,19-33)20-39-24-5-3-4-23(29)26(24)30)17-27(35)10-12-32(13-11-27)21-6-8-22(38-2)9-7-21/h3-9,35-36H,10-20H2,1-2H3/t28-/m0/s1. The highest BCUT2D eigenvalue weighted by atomic mass is 19.2. The zero-order valence-electron chi connectivity index (χ0n) is 22.4. The minimum atomic E-state index is -1.60. The van der Waals surface area contributed by atoms with E-state index in [1.165, 1.54) is 24.1 Å². The van der Waals surface area contributed by atoms with Crippen molar-refractivity contribution in [3.63, 3.8) is 0 Å². The average molecular weight is 550 g/mol. The molecule has 0 unspecified atom stereocenters. The highest BCUT2D eigenvalue weighted by Gasteiger charge is 2.41. The van der Waals surface area contributed by atoms with E-state index >= 15 is 0 Å². The van der Waals surface area contributed by atoms with Crippen LogP contribution in [0.15, 0.2) is 42.5 Å². The number of methoxy groups -OCH3 is 2. The van der Waals surface area contributed by atoms with E-state index < -0.39 is 22.8 Å². The maximum absolute atomic E-state index is 14.2. The van der Waals surface area contributed by atoms with Crippen LogP contribution in [0.2, 0.25) is 0 Å². The molecule has 11 heteroatoms. The third-order valence-electron chi connectivity index (χ3n) is 7.37. The van der Waals surface area contributed by atoms with Gasteiger partial charge in [-0.2, -0.15) is 4.39 Å². The number of halogens is 2. The van der Waals surface area contributed by atoms with Gasteiger partial charge in [-0.05, 0) is 49.2 Å². The molecular weight excluding hydrogens is 512 g/mol. The van der Waals surface area contributed by atoms with E-state index in [4.69, 9.17) is 14.2 Å². The second-order valence-electron chi connectivity index (χ2n) is 10.4. The van der Waals surface area contributed by atoms with E-state index in [-0.39, 0.29) is 44.5 Å². The van der Waals surface area contributed by atoms with Gasteiger partial charge in [-0.15, -0.1) is 0 Å². The van der Waals surface area contributed by atoms with Crippen LogP contribution < -0.4 is 14.4 Å². The van der Waals surface area contributed by atoms with Crippen LogP contribution in [0.4, 0.5) is 14.5 Å². The van der Waals surface area contributed by atoms with Crippen molar-refractivity contribution in [2.24, 2.45) is 0 Å². The quantitative estimate of drug-likeness (QED) is 0.490. The molecule has 2 heterocycles. The first-order chi connectivity index (χ1) is 18.6. The summed E-state index contributed by atoms with van der Waals surface area (Å²) in [5.74, 6) is -2.04. The molecule has 2 aliphatic rings. The van der Waals surface area contributed by atoms with Crippen LogP contribution in [0.1, 0.15) is 12.8 Å². The number of benzene rings is 2. The largest absolute Gasteiger partial charge is 0.497 e. The Morgan fingerprint density at radius 2 is 1.67 bits per heavy atom. The van der Waals surface area contributed by atoms with Crippen LogP contribution in [0.25, 0.3) is 0 Å². The Hall–Kier alpha value is -2.99. The van der Waals surface area contributed by atoms with Gasteiger partial charge in [0.15, 0.2) is 11.6 Å². The molecule has 2 N–H and O–H groups in total. The molecule has 0 radical (unpaired) electrons. The van der Waals surface area contributed by atoms with E-state index in [0.29, 0.717) is 39.0 Å². The Morgan fingerprint density at radius 3 is 2.33 bits per heavy atom. The Bertz CT molecular complexity index is 1110. The van der Waals surface area contributed by atoms with Crippen molar-refractivity contribution in [2.45, 2.75) is 24.0 Å². The van der Waals surface area contributed by atoms with E-state index in [0.717, 1.165) is 17.5 Å². The number of amides is 1.